The van der Waals surface area contributed by atoms with Gasteiger partial charge in [-0.05, 0) is 6.42 Å². The Kier molecular flexibility index (Phi) is 6.38. The minimum atomic E-state index is -0.904. The quantitative estimate of drug-likeness (QED) is 0.622. The van der Waals surface area contributed by atoms with Crippen LogP contribution in [0.1, 0.15) is 26.2 Å². The van der Waals surface area contributed by atoms with E-state index in [2.05, 4.69) is 6.92 Å². The van der Waals surface area contributed by atoms with Crippen molar-refractivity contribution in [1.29, 1.82) is 0 Å². The van der Waals surface area contributed by atoms with Crippen LogP contribution in [0.15, 0.2) is 12.2 Å². The van der Waals surface area contributed by atoms with Crippen LogP contribution in [0, 0.1) is 0 Å². The van der Waals surface area contributed by atoms with Crippen LogP contribution in [0.25, 0.3) is 0 Å². The van der Waals surface area contributed by atoms with Crippen molar-refractivity contribution >= 4 is 5.97 Å². The Balaban J connectivity index is 3.64. The van der Waals surface area contributed by atoms with Crippen molar-refractivity contribution in [3.05, 3.63) is 12.2 Å². The third-order valence-electron chi connectivity index (χ3n) is 1.53. The first-order valence-electron chi connectivity index (χ1n) is 4.13. The molecule has 0 aromatic rings. The second kappa shape index (κ2) is 6.85. The average Bonchev–Trinajstić information content (AvgIpc) is 2.04. The highest BCUT2D eigenvalue weighted by Gasteiger charge is 2.13. The van der Waals surface area contributed by atoms with Gasteiger partial charge in [0.15, 0.2) is 6.10 Å². The molecule has 0 amide bonds. The molecule has 1 atom stereocenters. The van der Waals surface area contributed by atoms with Gasteiger partial charge in [0, 0.05) is 13.5 Å². The zero-order valence-electron chi connectivity index (χ0n) is 7.62. The molecule has 1 unspecified atom stereocenters. The number of carboxylic acids is 1. The standard InChI is InChI=1S/C9H16O3/c1-3-4-5-6-7-8(12-2)9(10)11/h5-6,8H,3-4,7H2,1-2H3,(H,10,11)/b6-5+. The van der Waals surface area contributed by atoms with Crippen molar-refractivity contribution in [2.75, 3.05) is 7.11 Å². The Hall–Kier alpha value is -0.830. The zero-order valence-corrected chi connectivity index (χ0v) is 7.62. The van der Waals surface area contributed by atoms with Crippen LogP contribution in [0.5, 0.6) is 0 Å². The molecule has 12 heavy (non-hydrogen) atoms. The maximum Gasteiger partial charge on any atom is 0.333 e. The van der Waals surface area contributed by atoms with Gasteiger partial charge >= 0.3 is 5.97 Å². The van der Waals surface area contributed by atoms with Crippen molar-refractivity contribution in [3.63, 3.8) is 0 Å². The predicted molar refractivity (Wildman–Crippen MR) is 47.1 cm³/mol. The van der Waals surface area contributed by atoms with E-state index in [4.69, 9.17) is 9.84 Å². The highest BCUT2D eigenvalue weighted by molar-refractivity contribution is 5.72. The first-order valence-corrected chi connectivity index (χ1v) is 4.13. The normalized spacial score (nSPS) is 13.5. The number of carboxylic acid groups (broad SMARTS) is 1. The number of hydrogen-bond donors (Lipinski definition) is 1. The molecule has 0 aliphatic rings. The van der Waals surface area contributed by atoms with Gasteiger partial charge in [-0.25, -0.2) is 4.79 Å². The summed E-state index contributed by atoms with van der Waals surface area (Å²) in [6, 6.07) is 0. The number of carbonyl (C=O) groups is 1. The number of aliphatic carboxylic acids is 1. The Labute approximate surface area is 73.0 Å². The van der Waals surface area contributed by atoms with Gasteiger partial charge in [-0.1, -0.05) is 25.5 Å². The van der Waals surface area contributed by atoms with Gasteiger partial charge < -0.3 is 9.84 Å². The van der Waals surface area contributed by atoms with Crippen molar-refractivity contribution in [2.45, 2.75) is 32.3 Å². The monoisotopic (exact) mass is 172 g/mol. The number of allylic oxidation sites excluding steroid dienone is 1. The molecule has 0 fully saturated rings. The molecule has 0 aliphatic carbocycles. The first-order chi connectivity index (χ1) is 5.72. The van der Waals surface area contributed by atoms with Gasteiger partial charge in [0.25, 0.3) is 0 Å². The predicted octanol–water partition coefficient (Wildman–Crippen LogP) is 1.83. The van der Waals surface area contributed by atoms with Gasteiger partial charge in [0.2, 0.25) is 0 Å². The third kappa shape index (κ3) is 4.91. The molecule has 0 spiro atoms. The Morgan fingerprint density at radius 2 is 2.25 bits per heavy atom. The van der Waals surface area contributed by atoms with Crippen LogP contribution < -0.4 is 0 Å². The van der Waals surface area contributed by atoms with Crippen LogP contribution >= 0.6 is 0 Å². The lowest BCUT2D eigenvalue weighted by molar-refractivity contribution is -0.148. The zero-order chi connectivity index (χ0) is 9.40. The SMILES string of the molecule is CCC/C=C/CC(OC)C(=O)O. The summed E-state index contributed by atoms with van der Waals surface area (Å²) in [6.07, 6.45) is 5.67. The summed E-state index contributed by atoms with van der Waals surface area (Å²) in [5, 5.41) is 8.57. The number of hydrogen-bond acceptors (Lipinski definition) is 2. The minimum Gasteiger partial charge on any atom is -0.479 e. The van der Waals surface area contributed by atoms with Crippen LogP contribution in [-0.2, 0) is 9.53 Å². The van der Waals surface area contributed by atoms with Gasteiger partial charge in [0.05, 0.1) is 0 Å². The van der Waals surface area contributed by atoms with E-state index in [-0.39, 0.29) is 0 Å². The van der Waals surface area contributed by atoms with Crippen LogP contribution in [0.3, 0.4) is 0 Å². The number of ether oxygens (including phenoxy) is 1. The van der Waals surface area contributed by atoms with E-state index in [1.54, 1.807) is 0 Å². The summed E-state index contributed by atoms with van der Waals surface area (Å²) >= 11 is 0. The second-order valence-corrected chi connectivity index (χ2v) is 2.56. The Bertz CT molecular complexity index is 152. The molecule has 0 bridgehead atoms. The van der Waals surface area contributed by atoms with Gasteiger partial charge in [-0.2, -0.15) is 0 Å². The smallest absolute Gasteiger partial charge is 0.333 e. The van der Waals surface area contributed by atoms with Crippen molar-refractivity contribution < 1.29 is 14.6 Å². The molecule has 70 valence electrons. The maximum absolute atomic E-state index is 10.4. The molecule has 0 aliphatic heterocycles. The molecule has 0 saturated heterocycles. The minimum absolute atomic E-state index is 0.450. The highest BCUT2D eigenvalue weighted by Crippen LogP contribution is 1.99. The van der Waals surface area contributed by atoms with E-state index in [0.29, 0.717) is 6.42 Å². The van der Waals surface area contributed by atoms with E-state index >= 15 is 0 Å². The second-order valence-electron chi connectivity index (χ2n) is 2.56. The fourth-order valence-corrected chi connectivity index (χ4v) is 0.802. The van der Waals surface area contributed by atoms with E-state index in [1.165, 1.54) is 7.11 Å². The van der Waals surface area contributed by atoms with Crippen molar-refractivity contribution in [3.8, 4) is 0 Å². The van der Waals surface area contributed by atoms with Gasteiger partial charge in [-0.15, -0.1) is 0 Å². The van der Waals surface area contributed by atoms with Gasteiger partial charge in [0.1, 0.15) is 0 Å². The third-order valence-corrected chi connectivity index (χ3v) is 1.53. The summed E-state index contributed by atoms with van der Waals surface area (Å²) < 4.78 is 4.74. The molecule has 3 nitrogen and oxygen atoms in total. The average molecular weight is 172 g/mol. The van der Waals surface area contributed by atoms with E-state index in [0.717, 1.165) is 12.8 Å². The maximum atomic E-state index is 10.4. The Morgan fingerprint density at radius 1 is 1.58 bits per heavy atom. The summed E-state index contributed by atoms with van der Waals surface area (Å²) in [6.45, 7) is 2.08. The molecule has 0 aromatic heterocycles. The lowest BCUT2D eigenvalue weighted by Crippen LogP contribution is -2.21. The number of methoxy groups -OCH3 is 1. The highest BCUT2D eigenvalue weighted by atomic mass is 16.5. The van der Waals surface area contributed by atoms with Crippen molar-refractivity contribution in [1.82, 2.24) is 0 Å². The van der Waals surface area contributed by atoms with E-state index < -0.39 is 12.1 Å². The molecule has 0 aromatic carbocycles. The molecule has 3 heteroatoms. The van der Waals surface area contributed by atoms with Crippen LogP contribution in [-0.4, -0.2) is 24.3 Å². The van der Waals surface area contributed by atoms with Gasteiger partial charge in [-0.3, -0.25) is 0 Å². The molecular weight excluding hydrogens is 156 g/mol. The summed E-state index contributed by atoms with van der Waals surface area (Å²) in [7, 11) is 1.41. The lowest BCUT2D eigenvalue weighted by Gasteiger charge is -2.05. The Morgan fingerprint density at radius 3 is 2.67 bits per heavy atom. The summed E-state index contributed by atoms with van der Waals surface area (Å²) in [4.78, 5) is 10.4. The molecule has 1 N–H and O–H groups in total. The molecule has 0 rings (SSSR count). The van der Waals surface area contributed by atoms with E-state index in [1.807, 2.05) is 12.2 Å². The van der Waals surface area contributed by atoms with E-state index in [9.17, 15) is 4.79 Å². The summed E-state index contributed by atoms with van der Waals surface area (Å²) in [5.41, 5.74) is 0. The molecule has 0 saturated carbocycles. The largest absolute Gasteiger partial charge is 0.479 e. The van der Waals surface area contributed by atoms with Crippen molar-refractivity contribution in [2.24, 2.45) is 0 Å². The number of rotatable bonds is 6. The lowest BCUT2D eigenvalue weighted by atomic mass is 10.2. The fraction of sp³-hybridized carbons (Fsp3) is 0.667. The fourth-order valence-electron chi connectivity index (χ4n) is 0.802. The number of unbranched alkanes of at least 4 members (excludes halogenated alkanes) is 1. The van der Waals surface area contributed by atoms with Crippen LogP contribution in [0.2, 0.25) is 0 Å². The molecule has 0 radical (unpaired) electrons. The summed E-state index contributed by atoms with van der Waals surface area (Å²) in [5.74, 6) is -0.904. The molecule has 0 heterocycles. The topological polar surface area (TPSA) is 46.5 Å². The molecular formula is C9H16O3. The van der Waals surface area contributed by atoms with Crippen LogP contribution in [0.4, 0.5) is 0 Å². The first kappa shape index (κ1) is 11.2.